The minimum atomic E-state index is -3.91. The van der Waals surface area contributed by atoms with Gasteiger partial charge in [-0.25, -0.2) is 8.42 Å². The van der Waals surface area contributed by atoms with Gasteiger partial charge in [-0.1, -0.05) is 55.5 Å². The number of sulfonamides is 1. The molecule has 0 saturated carbocycles. The molecule has 1 N–H and O–H groups in total. The smallest absolute Gasteiger partial charge is 0.264 e. The summed E-state index contributed by atoms with van der Waals surface area (Å²) < 4.78 is 28.0. The first kappa shape index (κ1) is 23.5. The number of hydrogen-bond donors (Lipinski definition) is 1. The second-order valence-corrected chi connectivity index (χ2v) is 9.90. The Morgan fingerprint density at radius 1 is 0.906 bits per heavy atom. The molecule has 0 aliphatic heterocycles. The molecule has 3 aromatic carbocycles. The number of aryl methyl sites for hydroxylation is 3. The third-order valence-corrected chi connectivity index (χ3v) is 7.37. The van der Waals surface area contributed by atoms with Crippen molar-refractivity contribution in [1.82, 2.24) is 5.32 Å². The molecule has 0 radical (unpaired) electrons. The SMILES string of the molecule is CCC(NC(=O)CN(c1cccc(C)c1)S(=O)(=O)c1ccccc1)c1ccc(C)c(C)c1. The van der Waals surface area contributed by atoms with E-state index in [9.17, 15) is 13.2 Å². The molecule has 0 aromatic heterocycles. The second-order valence-electron chi connectivity index (χ2n) is 8.04. The van der Waals surface area contributed by atoms with E-state index in [0.29, 0.717) is 12.1 Å². The van der Waals surface area contributed by atoms with Gasteiger partial charge in [0.15, 0.2) is 0 Å². The predicted molar refractivity (Wildman–Crippen MR) is 129 cm³/mol. The molecule has 0 saturated heterocycles. The van der Waals surface area contributed by atoms with Gasteiger partial charge in [0, 0.05) is 0 Å². The van der Waals surface area contributed by atoms with Gasteiger partial charge in [0.25, 0.3) is 10.0 Å². The average molecular weight is 451 g/mol. The molecule has 0 bridgehead atoms. The Morgan fingerprint density at radius 2 is 1.62 bits per heavy atom. The third-order valence-electron chi connectivity index (χ3n) is 5.58. The van der Waals surface area contributed by atoms with Crippen LogP contribution in [0.25, 0.3) is 0 Å². The number of rotatable bonds is 8. The van der Waals surface area contributed by atoms with Crippen LogP contribution in [0.1, 0.15) is 41.6 Å². The van der Waals surface area contributed by atoms with Gasteiger partial charge in [-0.3, -0.25) is 9.10 Å². The first-order valence-electron chi connectivity index (χ1n) is 10.7. The van der Waals surface area contributed by atoms with Crippen molar-refractivity contribution in [2.24, 2.45) is 0 Å². The zero-order valence-corrected chi connectivity index (χ0v) is 19.8. The zero-order chi connectivity index (χ0) is 23.3. The number of carbonyl (C=O) groups is 1. The zero-order valence-electron chi connectivity index (χ0n) is 19.0. The lowest BCUT2D eigenvalue weighted by Gasteiger charge is -2.26. The van der Waals surface area contributed by atoms with Crippen LogP contribution in [0.5, 0.6) is 0 Å². The van der Waals surface area contributed by atoms with Gasteiger partial charge in [0.1, 0.15) is 6.54 Å². The van der Waals surface area contributed by atoms with E-state index < -0.39 is 10.0 Å². The number of carbonyl (C=O) groups excluding carboxylic acids is 1. The number of nitrogens with one attached hydrogen (secondary N) is 1. The van der Waals surface area contributed by atoms with Crippen LogP contribution < -0.4 is 9.62 Å². The molecule has 0 fully saturated rings. The molecule has 1 unspecified atom stereocenters. The highest BCUT2D eigenvalue weighted by atomic mass is 32.2. The van der Waals surface area contributed by atoms with E-state index in [-0.39, 0.29) is 23.4 Å². The number of anilines is 1. The van der Waals surface area contributed by atoms with Crippen molar-refractivity contribution in [3.8, 4) is 0 Å². The van der Waals surface area contributed by atoms with Crippen molar-refractivity contribution in [2.45, 2.75) is 45.1 Å². The van der Waals surface area contributed by atoms with Crippen LogP contribution in [0.15, 0.2) is 77.7 Å². The maximum Gasteiger partial charge on any atom is 0.264 e. The van der Waals surface area contributed by atoms with Crippen LogP contribution in [0.2, 0.25) is 0 Å². The standard InChI is InChI=1S/C26H30N2O3S/c1-5-25(22-15-14-20(3)21(4)17-22)27-26(29)18-28(23-11-9-10-19(2)16-23)32(30,31)24-12-7-6-8-13-24/h6-17,25H,5,18H2,1-4H3,(H,27,29). The Morgan fingerprint density at radius 3 is 2.25 bits per heavy atom. The maximum atomic E-state index is 13.4. The molecular formula is C26H30N2O3S. The van der Waals surface area contributed by atoms with Gasteiger partial charge >= 0.3 is 0 Å². The van der Waals surface area contributed by atoms with E-state index >= 15 is 0 Å². The number of hydrogen-bond acceptors (Lipinski definition) is 3. The van der Waals surface area contributed by atoms with E-state index in [0.717, 1.165) is 16.7 Å². The number of amides is 1. The second kappa shape index (κ2) is 10.0. The third kappa shape index (κ3) is 5.37. The molecular weight excluding hydrogens is 420 g/mol. The van der Waals surface area contributed by atoms with Crippen molar-refractivity contribution in [1.29, 1.82) is 0 Å². The molecule has 0 aliphatic carbocycles. The fourth-order valence-electron chi connectivity index (χ4n) is 3.59. The molecule has 168 valence electrons. The van der Waals surface area contributed by atoms with Gasteiger partial charge in [-0.05, 0) is 73.7 Å². The Balaban J connectivity index is 1.90. The molecule has 0 spiro atoms. The largest absolute Gasteiger partial charge is 0.348 e. The lowest BCUT2D eigenvalue weighted by molar-refractivity contribution is -0.120. The summed E-state index contributed by atoms with van der Waals surface area (Å²) in [5.41, 5.74) is 4.73. The van der Waals surface area contributed by atoms with Crippen LogP contribution in [0, 0.1) is 20.8 Å². The molecule has 3 rings (SSSR count). The highest BCUT2D eigenvalue weighted by Gasteiger charge is 2.28. The molecule has 5 nitrogen and oxygen atoms in total. The van der Waals surface area contributed by atoms with Gasteiger partial charge in [-0.2, -0.15) is 0 Å². The normalized spacial score (nSPS) is 12.2. The summed E-state index contributed by atoms with van der Waals surface area (Å²) in [6, 6.07) is 21.3. The number of benzene rings is 3. The van der Waals surface area contributed by atoms with E-state index in [1.165, 1.54) is 9.87 Å². The summed E-state index contributed by atoms with van der Waals surface area (Å²) in [6.45, 7) is 7.68. The summed E-state index contributed by atoms with van der Waals surface area (Å²) >= 11 is 0. The minimum Gasteiger partial charge on any atom is -0.348 e. The van der Waals surface area contributed by atoms with Gasteiger partial charge in [0.05, 0.1) is 16.6 Å². The monoisotopic (exact) mass is 450 g/mol. The molecule has 3 aromatic rings. The highest BCUT2D eigenvalue weighted by molar-refractivity contribution is 7.92. The lowest BCUT2D eigenvalue weighted by Crippen LogP contribution is -2.42. The molecule has 6 heteroatoms. The van der Waals surface area contributed by atoms with Crippen molar-refractivity contribution in [2.75, 3.05) is 10.8 Å². The highest BCUT2D eigenvalue weighted by Crippen LogP contribution is 2.25. The average Bonchev–Trinajstić information content (AvgIpc) is 2.78. The summed E-state index contributed by atoms with van der Waals surface area (Å²) in [7, 11) is -3.91. The van der Waals surface area contributed by atoms with E-state index in [2.05, 4.69) is 11.4 Å². The fourth-order valence-corrected chi connectivity index (χ4v) is 5.02. The van der Waals surface area contributed by atoms with Crippen LogP contribution in [-0.2, 0) is 14.8 Å². The maximum absolute atomic E-state index is 13.4. The Labute approximate surface area is 191 Å². The first-order valence-corrected chi connectivity index (χ1v) is 12.2. The minimum absolute atomic E-state index is 0.149. The summed E-state index contributed by atoms with van der Waals surface area (Å²) in [4.78, 5) is 13.2. The van der Waals surface area contributed by atoms with Crippen LogP contribution >= 0.6 is 0 Å². The van der Waals surface area contributed by atoms with Crippen LogP contribution in [-0.4, -0.2) is 20.9 Å². The Hall–Kier alpha value is -3.12. The van der Waals surface area contributed by atoms with Crippen molar-refractivity contribution in [3.05, 3.63) is 95.1 Å². The van der Waals surface area contributed by atoms with Gasteiger partial charge in [0.2, 0.25) is 5.91 Å². The fraction of sp³-hybridized carbons (Fsp3) is 0.269. The molecule has 32 heavy (non-hydrogen) atoms. The van der Waals surface area contributed by atoms with Crippen LogP contribution in [0.3, 0.4) is 0 Å². The predicted octanol–water partition coefficient (Wildman–Crippen LogP) is 5.07. The molecule has 1 amide bonds. The summed E-state index contributed by atoms with van der Waals surface area (Å²) in [5, 5.41) is 3.02. The van der Waals surface area contributed by atoms with Crippen molar-refractivity contribution >= 4 is 21.6 Å². The number of nitrogens with zero attached hydrogens (tertiary/aromatic N) is 1. The molecule has 0 heterocycles. The Bertz CT molecular complexity index is 1190. The van der Waals surface area contributed by atoms with E-state index in [1.807, 2.05) is 45.9 Å². The first-order chi connectivity index (χ1) is 15.2. The quantitative estimate of drug-likeness (QED) is 0.521. The lowest BCUT2D eigenvalue weighted by atomic mass is 9.99. The van der Waals surface area contributed by atoms with E-state index in [4.69, 9.17) is 0 Å². The van der Waals surface area contributed by atoms with Crippen molar-refractivity contribution < 1.29 is 13.2 Å². The molecule has 0 aliphatic rings. The van der Waals surface area contributed by atoms with Crippen LogP contribution in [0.4, 0.5) is 5.69 Å². The van der Waals surface area contributed by atoms with Gasteiger partial charge < -0.3 is 5.32 Å². The summed E-state index contributed by atoms with van der Waals surface area (Å²) in [5.74, 6) is -0.351. The Kier molecular flexibility index (Phi) is 7.36. The van der Waals surface area contributed by atoms with Gasteiger partial charge in [-0.15, -0.1) is 0 Å². The summed E-state index contributed by atoms with van der Waals surface area (Å²) in [6.07, 6.45) is 0.699. The van der Waals surface area contributed by atoms with Crippen molar-refractivity contribution in [3.63, 3.8) is 0 Å². The van der Waals surface area contributed by atoms with E-state index in [1.54, 1.807) is 48.5 Å². The molecule has 1 atom stereocenters. The topological polar surface area (TPSA) is 66.5 Å².